The fourth-order valence-electron chi connectivity index (χ4n) is 3.27. The summed E-state index contributed by atoms with van der Waals surface area (Å²) >= 11 is 5.93. The highest BCUT2D eigenvalue weighted by Gasteiger charge is 2.32. The molecule has 0 saturated heterocycles. The summed E-state index contributed by atoms with van der Waals surface area (Å²) in [6, 6.07) is 11.8. The molecule has 0 aromatic heterocycles. The van der Waals surface area contributed by atoms with Gasteiger partial charge in [0.1, 0.15) is 0 Å². The molecule has 0 radical (unpaired) electrons. The number of amides is 2. The first-order valence-corrected chi connectivity index (χ1v) is 10.5. The number of halogens is 4. The monoisotopic (exact) mass is 467 g/mol. The number of carbonyl (C=O) groups excluding carboxylic acids is 1. The van der Waals surface area contributed by atoms with E-state index in [-0.39, 0.29) is 13.1 Å². The second kappa shape index (κ2) is 9.40. The molecule has 5 nitrogen and oxygen atoms in total. The fourth-order valence-corrected chi connectivity index (χ4v) is 3.40. The van der Waals surface area contributed by atoms with Crippen molar-refractivity contribution in [3.05, 3.63) is 70.2 Å². The normalized spacial score (nSPS) is 16.3. The molecule has 172 valence electrons. The molecule has 3 rings (SSSR count). The smallest absolute Gasteiger partial charge is 0.390 e. The quantitative estimate of drug-likeness (QED) is 0.598. The summed E-state index contributed by atoms with van der Waals surface area (Å²) < 4.78 is 39.3. The Bertz CT molecular complexity index is 985. The van der Waals surface area contributed by atoms with Gasteiger partial charge < -0.3 is 15.1 Å². The molecule has 2 aromatic rings. The average molecular weight is 468 g/mol. The number of nitrogens with zero attached hydrogens (tertiary/aromatic N) is 2. The van der Waals surface area contributed by atoms with Gasteiger partial charge in [-0.15, -0.1) is 0 Å². The number of urea groups is 1. The van der Waals surface area contributed by atoms with E-state index in [9.17, 15) is 18.0 Å². The molecule has 0 aliphatic carbocycles. The van der Waals surface area contributed by atoms with Crippen LogP contribution in [0.1, 0.15) is 43.9 Å². The van der Waals surface area contributed by atoms with Crippen molar-refractivity contribution in [1.82, 2.24) is 10.2 Å². The number of oxime groups is 1. The van der Waals surface area contributed by atoms with Crippen molar-refractivity contribution in [2.75, 3.05) is 6.54 Å². The predicted octanol–water partition coefficient (Wildman–Crippen LogP) is 5.86. The largest absolute Gasteiger partial charge is 0.416 e. The van der Waals surface area contributed by atoms with Crippen LogP contribution in [0, 0.1) is 0 Å². The van der Waals surface area contributed by atoms with Crippen LogP contribution in [0.25, 0.3) is 0 Å². The van der Waals surface area contributed by atoms with Crippen LogP contribution in [0.5, 0.6) is 0 Å². The third-order valence-electron chi connectivity index (χ3n) is 4.73. The van der Waals surface area contributed by atoms with Crippen LogP contribution < -0.4 is 5.32 Å². The maximum Gasteiger partial charge on any atom is 0.416 e. The van der Waals surface area contributed by atoms with Crippen LogP contribution in [0.3, 0.4) is 0 Å². The number of nitrogens with one attached hydrogen (secondary N) is 1. The van der Waals surface area contributed by atoms with E-state index in [4.69, 9.17) is 16.4 Å². The lowest BCUT2D eigenvalue weighted by Crippen LogP contribution is -2.50. The number of carbonyl (C=O) groups is 1. The Labute approximate surface area is 190 Å². The van der Waals surface area contributed by atoms with Crippen LogP contribution in [0.4, 0.5) is 18.0 Å². The Kier molecular flexibility index (Phi) is 7.03. The topological polar surface area (TPSA) is 53.9 Å². The van der Waals surface area contributed by atoms with Gasteiger partial charge in [-0.1, -0.05) is 41.0 Å². The van der Waals surface area contributed by atoms with Crippen molar-refractivity contribution < 1.29 is 22.8 Å². The Hall–Kier alpha value is -2.74. The molecule has 2 aromatic carbocycles. The van der Waals surface area contributed by atoms with Crippen LogP contribution in [-0.2, 0) is 17.6 Å². The Morgan fingerprint density at radius 3 is 2.50 bits per heavy atom. The third-order valence-corrected chi connectivity index (χ3v) is 4.98. The highest BCUT2D eigenvalue weighted by atomic mass is 35.5. The van der Waals surface area contributed by atoms with Gasteiger partial charge in [0, 0.05) is 23.5 Å². The van der Waals surface area contributed by atoms with Gasteiger partial charge in [0.25, 0.3) is 0 Å². The molecule has 1 aliphatic heterocycles. The third kappa shape index (κ3) is 6.63. The molecule has 2 amide bonds. The lowest BCUT2D eigenvalue weighted by atomic mass is 10.0. The lowest BCUT2D eigenvalue weighted by molar-refractivity contribution is -0.137. The average Bonchev–Trinajstić information content (AvgIpc) is 3.15. The number of hydrogen-bond donors (Lipinski definition) is 1. The minimum atomic E-state index is -4.45. The molecular weight excluding hydrogens is 443 g/mol. The van der Waals surface area contributed by atoms with E-state index < -0.39 is 29.4 Å². The second-order valence-electron chi connectivity index (χ2n) is 8.74. The lowest BCUT2D eigenvalue weighted by Gasteiger charge is -2.30. The van der Waals surface area contributed by atoms with Crippen molar-refractivity contribution in [3.63, 3.8) is 0 Å². The highest BCUT2D eigenvalue weighted by molar-refractivity contribution is 6.30. The maximum atomic E-state index is 13.1. The fraction of sp³-hybridized carbons (Fsp3) is 0.391. The van der Waals surface area contributed by atoms with Crippen molar-refractivity contribution in [3.8, 4) is 0 Å². The molecule has 0 fully saturated rings. The van der Waals surface area contributed by atoms with Crippen molar-refractivity contribution in [2.45, 2.75) is 51.6 Å². The van der Waals surface area contributed by atoms with Crippen LogP contribution in [0.2, 0.25) is 5.02 Å². The van der Waals surface area contributed by atoms with Gasteiger partial charge in [0.05, 0.1) is 17.8 Å². The zero-order chi connectivity index (χ0) is 23.5. The van der Waals surface area contributed by atoms with Crippen LogP contribution in [0.15, 0.2) is 53.7 Å². The van der Waals surface area contributed by atoms with Crippen LogP contribution in [-0.4, -0.2) is 34.8 Å². The zero-order valence-electron chi connectivity index (χ0n) is 18.0. The van der Waals surface area contributed by atoms with E-state index in [1.807, 2.05) is 32.9 Å². The molecule has 9 heteroatoms. The number of benzene rings is 2. The summed E-state index contributed by atoms with van der Waals surface area (Å²) in [4.78, 5) is 19.9. The first-order chi connectivity index (χ1) is 14.9. The summed E-state index contributed by atoms with van der Waals surface area (Å²) in [5, 5.41) is 7.60. The van der Waals surface area contributed by atoms with E-state index in [0.717, 1.165) is 23.4 Å². The Morgan fingerprint density at radius 1 is 1.19 bits per heavy atom. The van der Waals surface area contributed by atoms with E-state index in [1.165, 1.54) is 11.0 Å². The molecular formula is C23H25ClF3N3O2. The van der Waals surface area contributed by atoms with E-state index in [1.54, 1.807) is 18.2 Å². The molecule has 1 atom stereocenters. The van der Waals surface area contributed by atoms with Gasteiger partial charge in [-0.2, -0.15) is 13.2 Å². The molecule has 1 aliphatic rings. The van der Waals surface area contributed by atoms with Gasteiger partial charge in [0.2, 0.25) is 0 Å². The predicted molar refractivity (Wildman–Crippen MR) is 118 cm³/mol. The minimum absolute atomic E-state index is 0.00196. The van der Waals surface area contributed by atoms with Crippen molar-refractivity contribution in [1.29, 1.82) is 0 Å². The molecule has 0 unspecified atom stereocenters. The van der Waals surface area contributed by atoms with Gasteiger partial charge in [-0.25, -0.2) is 4.79 Å². The number of alkyl halides is 3. The molecule has 32 heavy (non-hydrogen) atoms. The summed E-state index contributed by atoms with van der Waals surface area (Å²) in [5.74, 6) is 0. The summed E-state index contributed by atoms with van der Waals surface area (Å²) in [7, 11) is 0. The van der Waals surface area contributed by atoms with Crippen molar-refractivity contribution in [2.24, 2.45) is 5.16 Å². The number of rotatable bonds is 5. The molecule has 0 saturated carbocycles. The summed E-state index contributed by atoms with van der Waals surface area (Å²) in [6.07, 6.45) is -4.41. The molecule has 1 heterocycles. The minimum Gasteiger partial charge on any atom is -0.390 e. The molecule has 1 N–H and O–H groups in total. The first-order valence-electron chi connectivity index (χ1n) is 10.1. The zero-order valence-corrected chi connectivity index (χ0v) is 18.8. The van der Waals surface area contributed by atoms with Crippen LogP contribution >= 0.6 is 11.6 Å². The van der Waals surface area contributed by atoms with Gasteiger partial charge in [0.15, 0.2) is 6.10 Å². The van der Waals surface area contributed by atoms with Gasteiger partial charge >= 0.3 is 12.2 Å². The highest BCUT2D eigenvalue weighted by Crippen LogP contribution is 2.30. The van der Waals surface area contributed by atoms with E-state index >= 15 is 0 Å². The first kappa shape index (κ1) is 23.9. The van der Waals surface area contributed by atoms with E-state index in [0.29, 0.717) is 17.0 Å². The van der Waals surface area contributed by atoms with Gasteiger partial charge in [-0.05, 0) is 56.2 Å². The number of hydrogen-bond acceptors (Lipinski definition) is 3. The SMILES string of the molecule is CC(C)(C)NC(=O)N(Cc1cccc(C(F)(F)F)c1)C[C@H]1CC(c2ccc(Cl)cc2)=NO1. The molecule has 0 bridgehead atoms. The summed E-state index contributed by atoms with van der Waals surface area (Å²) in [6.45, 7) is 5.67. The second-order valence-corrected chi connectivity index (χ2v) is 9.17. The standard InChI is InChI=1S/C23H25ClF3N3O2/c1-22(2,3)28-21(31)30(13-15-5-4-6-17(11-15)23(25,26)27)14-19-12-20(29-32-19)16-7-9-18(24)10-8-16/h4-11,19H,12-14H2,1-3H3,(H,28,31)/t19-/m1/s1. The Morgan fingerprint density at radius 2 is 1.88 bits per heavy atom. The maximum absolute atomic E-state index is 13.1. The molecule has 0 spiro atoms. The Balaban J connectivity index is 1.74. The summed E-state index contributed by atoms with van der Waals surface area (Å²) in [5.41, 5.74) is 0.699. The van der Waals surface area contributed by atoms with Gasteiger partial charge in [-0.3, -0.25) is 0 Å². The van der Waals surface area contributed by atoms with E-state index in [2.05, 4.69) is 10.5 Å². The van der Waals surface area contributed by atoms with Crippen molar-refractivity contribution >= 4 is 23.3 Å².